The van der Waals surface area contributed by atoms with Crippen LogP contribution in [0, 0.1) is 0 Å². The Kier molecular flexibility index (Phi) is 6.62. The summed E-state index contributed by atoms with van der Waals surface area (Å²) >= 11 is 0. The van der Waals surface area contributed by atoms with Crippen molar-refractivity contribution in [3.05, 3.63) is 59.5 Å². The van der Waals surface area contributed by atoms with Crippen LogP contribution in [-0.4, -0.2) is 49.9 Å². The first kappa shape index (κ1) is 21.1. The van der Waals surface area contributed by atoms with Gasteiger partial charge in [0.15, 0.2) is 11.5 Å². The lowest BCUT2D eigenvalue weighted by Crippen LogP contribution is -2.27. The summed E-state index contributed by atoms with van der Waals surface area (Å²) in [4.78, 5) is 21.7. The Balaban J connectivity index is 1.49. The Labute approximate surface area is 181 Å². The number of hydrogen-bond donors (Lipinski definition) is 1. The zero-order valence-electron chi connectivity index (χ0n) is 17.9. The fourth-order valence-corrected chi connectivity index (χ4v) is 4.00. The van der Waals surface area contributed by atoms with Gasteiger partial charge in [-0.2, -0.15) is 0 Å². The highest BCUT2D eigenvalue weighted by Crippen LogP contribution is 2.32. The third-order valence-electron chi connectivity index (χ3n) is 5.68. The predicted octanol–water partition coefficient (Wildman–Crippen LogP) is 3.51. The molecule has 2 aromatic heterocycles. The number of aromatic nitrogens is 2. The van der Waals surface area contributed by atoms with Crippen LogP contribution in [0.25, 0.3) is 10.9 Å². The van der Waals surface area contributed by atoms with E-state index in [9.17, 15) is 4.79 Å². The third kappa shape index (κ3) is 4.77. The highest BCUT2D eigenvalue weighted by molar-refractivity contribution is 5.96. The monoisotopic (exact) mass is 421 g/mol. The van der Waals surface area contributed by atoms with Gasteiger partial charge in [-0.05, 0) is 60.6 Å². The smallest absolute Gasteiger partial charge is 0.269 e. The molecule has 3 heterocycles. The number of benzene rings is 1. The highest BCUT2D eigenvalue weighted by atomic mass is 16.5. The summed E-state index contributed by atoms with van der Waals surface area (Å²) in [7, 11) is 3.22. The number of ether oxygens (including phenoxy) is 3. The molecule has 1 aliphatic heterocycles. The van der Waals surface area contributed by atoms with Crippen molar-refractivity contribution in [2.24, 2.45) is 0 Å². The molecule has 1 amide bonds. The largest absolute Gasteiger partial charge is 0.493 e. The van der Waals surface area contributed by atoms with Crippen LogP contribution in [0.15, 0.2) is 42.7 Å². The van der Waals surface area contributed by atoms with Gasteiger partial charge in [0.25, 0.3) is 5.91 Å². The third-order valence-corrected chi connectivity index (χ3v) is 5.68. The molecule has 4 rings (SSSR count). The maximum Gasteiger partial charge on any atom is 0.269 e. The van der Waals surface area contributed by atoms with E-state index < -0.39 is 0 Å². The second kappa shape index (κ2) is 9.75. The quantitative estimate of drug-likeness (QED) is 0.629. The standard InChI is InChI=1S/C24H27N3O4/c1-29-22-4-3-16(13-23(22)30-2)5-10-26-24(28)21-14-18(17-7-11-31-12-8-17)19-15-25-9-6-20(19)27-21/h3-4,6,9,13-15,17H,5,7-8,10-12H2,1-2H3,(H,26,28). The molecule has 0 aliphatic carbocycles. The number of carbonyl (C=O) groups excluding carboxylic acids is 1. The predicted molar refractivity (Wildman–Crippen MR) is 118 cm³/mol. The van der Waals surface area contributed by atoms with Gasteiger partial charge >= 0.3 is 0 Å². The van der Waals surface area contributed by atoms with Crippen molar-refractivity contribution in [1.29, 1.82) is 0 Å². The van der Waals surface area contributed by atoms with Crippen molar-refractivity contribution in [2.75, 3.05) is 34.0 Å². The van der Waals surface area contributed by atoms with E-state index in [2.05, 4.69) is 15.3 Å². The number of methoxy groups -OCH3 is 2. The second-order valence-electron chi connectivity index (χ2n) is 7.57. The first-order chi connectivity index (χ1) is 15.2. The van der Waals surface area contributed by atoms with E-state index in [1.54, 1.807) is 20.4 Å². The van der Waals surface area contributed by atoms with Crippen LogP contribution in [0.2, 0.25) is 0 Å². The van der Waals surface area contributed by atoms with Crippen LogP contribution >= 0.6 is 0 Å². The summed E-state index contributed by atoms with van der Waals surface area (Å²) in [6.07, 6.45) is 6.10. The summed E-state index contributed by atoms with van der Waals surface area (Å²) < 4.78 is 16.1. The number of nitrogens with zero attached hydrogens (tertiary/aromatic N) is 2. The molecular weight excluding hydrogens is 394 g/mol. The van der Waals surface area contributed by atoms with Crippen LogP contribution in [0.3, 0.4) is 0 Å². The number of hydrogen-bond acceptors (Lipinski definition) is 6. The summed E-state index contributed by atoms with van der Waals surface area (Å²) in [5.41, 5.74) is 3.42. The molecule has 162 valence electrons. The minimum absolute atomic E-state index is 0.174. The Morgan fingerprint density at radius 3 is 2.71 bits per heavy atom. The Morgan fingerprint density at radius 1 is 1.13 bits per heavy atom. The summed E-state index contributed by atoms with van der Waals surface area (Å²) in [5.74, 6) is 1.54. The van der Waals surface area contributed by atoms with Crippen molar-refractivity contribution >= 4 is 16.8 Å². The Hall–Kier alpha value is -3.19. The van der Waals surface area contributed by atoms with Crippen molar-refractivity contribution in [3.63, 3.8) is 0 Å². The molecule has 1 saturated heterocycles. The van der Waals surface area contributed by atoms with Gasteiger partial charge in [0, 0.05) is 37.5 Å². The first-order valence-electron chi connectivity index (χ1n) is 10.5. The van der Waals surface area contributed by atoms with Crippen LogP contribution in [-0.2, 0) is 11.2 Å². The van der Waals surface area contributed by atoms with E-state index in [1.165, 1.54) is 0 Å². The number of rotatable bonds is 7. The van der Waals surface area contributed by atoms with E-state index in [-0.39, 0.29) is 5.91 Å². The van der Waals surface area contributed by atoms with E-state index in [4.69, 9.17) is 14.2 Å². The summed E-state index contributed by atoms with van der Waals surface area (Å²) in [6, 6.07) is 9.55. The lowest BCUT2D eigenvalue weighted by molar-refractivity contribution is 0.0855. The van der Waals surface area contributed by atoms with E-state index in [1.807, 2.05) is 36.5 Å². The van der Waals surface area contributed by atoms with E-state index in [0.29, 0.717) is 36.1 Å². The normalized spacial score (nSPS) is 14.4. The molecule has 0 spiro atoms. The SMILES string of the molecule is COc1ccc(CCNC(=O)c2cc(C3CCOCC3)c3cnccc3n2)cc1OC. The van der Waals surface area contributed by atoms with Gasteiger partial charge in [-0.15, -0.1) is 0 Å². The van der Waals surface area contributed by atoms with Gasteiger partial charge in [0.2, 0.25) is 0 Å². The van der Waals surface area contributed by atoms with Gasteiger partial charge in [0.05, 0.1) is 19.7 Å². The van der Waals surface area contributed by atoms with Gasteiger partial charge in [-0.25, -0.2) is 4.98 Å². The first-order valence-corrected chi connectivity index (χ1v) is 10.5. The minimum Gasteiger partial charge on any atom is -0.493 e. The highest BCUT2D eigenvalue weighted by Gasteiger charge is 2.21. The molecule has 7 nitrogen and oxygen atoms in total. The lowest BCUT2D eigenvalue weighted by Gasteiger charge is -2.24. The molecule has 0 atom stereocenters. The van der Waals surface area contributed by atoms with Gasteiger partial charge in [-0.3, -0.25) is 9.78 Å². The molecule has 1 N–H and O–H groups in total. The zero-order chi connectivity index (χ0) is 21.6. The minimum atomic E-state index is -0.174. The molecule has 0 saturated carbocycles. The van der Waals surface area contributed by atoms with Crippen LogP contribution in [0.1, 0.15) is 40.4 Å². The van der Waals surface area contributed by atoms with Crippen molar-refractivity contribution in [3.8, 4) is 11.5 Å². The fraction of sp³-hybridized carbons (Fsp3) is 0.375. The molecule has 1 fully saturated rings. The molecule has 31 heavy (non-hydrogen) atoms. The Morgan fingerprint density at radius 2 is 1.94 bits per heavy atom. The van der Waals surface area contributed by atoms with E-state index >= 15 is 0 Å². The van der Waals surface area contributed by atoms with Gasteiger partial charge < -0.3 is 19.5 Å². The summed E-state index contributed by atoms with van der Waals surface area (Å²) in [6.45, 7) is 1.97. The molecule has 1 aliphatic rings. The van der Waals surface area contributed by atoms with Crippen molar-refractivity contribution in [2.45, 2.75) is 25.2 Å². The number of amides is 1. The van der Waals surface area contributed by atoms with Gasteiger partial charge in [-0.1, -0.05) is 6.07 Å². The number of carbonyl (C=O) groups is 1. The fourth-order valence-electron chi connectivity index (χ4n) is 4.00. The molecular formula is C24H27N3O4. The average molecular weight is 421 g/mol. The molecule has 0 bridgehead atoms. The van der Waals surface area contributed by atoms with Crippen LogP contribution in [0.4, 0.5) is 0 Å². The number of nitrogens with one attached hydrogen (secondary N) is 1. The van der Waals surface area contributed by atoms with Gasteiger partial charge in [0.1, 0.15) is 5.69 Å². The molecule has 0 unspecified atom stereocenters. The molecule has 1 aromatic carbocycles. The second-order valence-corrected chi connectivity index (χ2v) is 7.57. The van der Waals surface area contributed by atoms with Crippen LogP contribution < -0.4 is 14.8 Å². The maximum absolute atomic E-state index is 12.9. The van der Waals surface area contributed by atoms with E-state index in [0.717, 1.165) is 48.1 Å². The molecule has 3 aromatic rings. The van der Waals surface area contributed by atoms with Crippen molar-refractivity contribution < 1.29 is 19.0 Å². The zero-order valence-corrected chi connectivity index (χ0v) is 17.9. The lowest BCUT2D eigenvalue weighted by atomic mass is 9.89. The van der Waals surface area contributed by atoms with Crippen molar-refractivity contribution in [1.82, 2.24) is 15.3 Å². The number of fused-ring (bicyclic) bond motifs is 1. The van der Waals surface area contributed by atoms with Crippen LogP contribution in [0.5, 0.6) is 11.5 Å². The Bertz CT molecular complexity index is 1060. The number of pyridine rings is 2. The summed E-state index contributed by atoms with van der Waals surface area (Å²) in [5, 5.41) is 4.00. The topological polar surface area (TPSA) is 82.6 Å². The average Bonchev–Trinajstić information content (AvgIpc) is 2.83. The molecule has 0 radical (unpaired) electrons. The maximum atomic E-state index is 12.9. The molecule has 7 heteroatoms.